The van der Waals surface area contributed by atoms with Crippen molar-refractivity contribution in [3.63, 3.8) is 0 Å². The molecule has 76 valence electrons. The summed E-state index contributed by atoms with van der Waals surface area (Å²) >= 11 is 0. The van der Waals surface area contributed by atoms with E-state index in [4.69, 9.17) is 4.42 Å². The van der Waals surface area contributed by atoms with Gasteiger partial charge in [-0.15, -0.1) is 0 Å². The van der Waals surface area contributed by atoms with Crippen LogP contribution in [0.1, 0.15) is 5.76 Å². The monoisotopic (exact) mass is 205 g/mol. The molecule has 0 saturated carbocycles. The first-order valence-corrected chi connectivity index (χ1v) is 4.40. The first-order valence-electron chi connectivity index (χ1n) is 4.40. The van der Waals surface area contributed by atoms with Crippen LogP contribution in [0.5, 0.6) is 0 Å². The molecule has 1 aromatic heterocycles. The summed E-state index contributed by atoms with van der Waals surface area (Å²) in [7, 11) is 0. The van der Waals surface area contributed by atoms with Gasteiger partial charge in [-0.1, -0.05) is 0 Å². The summed E-state index contributed by atoms with van der Waals surface area (Å²) in [6.45, 7) is 1.66. The maximum absolute atomic E-state index is 12.6. The van der Waals surface area contributed by atoms with Gasteiger partial charge in [0, 0.05) is 11.6 Å². The second kappa shape index (κ2) is 3.65. The highest BCUT2D eigenvalue weighted by Crippen LogP contribution is 2.16. The molecule has 0 spiro atoms. The third-order valence-corrected chi connectivity index (χ3v) is 1.89. The van der Waals surface area contributed by atoms with Crippen molar-refractivity contribution < 1.29 is 8.81 Å². The summed E-state index contributed by atoms with van der Waals surface area (Å²) in [5, 5.41) is 0. The summed E-state index contributed by atoms with van der Waals surface area (Å²) < 4.78 is 17.9. The molecule has 0 bridgehead atoms. The number of benzene rings is 1. The van der Waals surface area contributed by atoms with Crippen LogP contribution in [-0.4, -0.2) is 4.98 Å². The van der Waals surface area contributed by atoms with Crippen molar-refractivity contribution in [3.05, 3.63) is 52.3 Å². The van der Waals surface area contributed by atoms with Crippen LogP contribution >= 0.6 is 0 Å². The zero-order chi connectivity index (χ0) is 10.8. The number of rotatable bonds is 1. The predicted molar refractivity (Wildman–Crippen MR) is 52.9 cm³/mol. The second-order valence-corrected chi connectivity index (χ2v) is 3.12. The van der Waals surface area contributed by atoms with Gasteiger partial charge in [0.05, 0.1) is 0 Å². The van der Waals surface area contributed by atoms with Crippen LogP contribution < -0.4 is 5.56 Å². The Morgan fingerprint density at radius 1 is 1.27 bits per heavy atom. The van der Waals surface area contributed by atoms with E-state index in [0.29, 0.717) is 11.3 Å². The van der Waals surface area contributed by atoms with E-state index in [1.807, 2.05) is 0 Å². The quantitative estimate of drug-likeness (QED) is 0.716. The minimum Gasteiger partial charge on any atom is -0.443 e. The van der Waals surface area contributed by atoms with Crippen molar-refractivity contribution >= 4 is 0 Å². The minimum absolute atomic E-state index is 0.208. The highest BCUT2D eigenvalue weighted by molar-refractivity contribution is 5.52. The Morgan fingerprint density at radius 2 is 1.93 bits per heavy atom. The zero-order valence-corrected chi connectivity index (χ0v) is 8.03. The summed E-state index contributed by atoms with van der Waals surface area (Å²) in [6, 6.07) is 6.91. The topological polar surface area (TPSA) is 43.1 Å². The fraction of sp³-hybridized carbons (Fsp3) is 0.0909. The van der Waals surface area contributed by atoms with Crippen LogP contribution in [-0.2, 0) is 0 Å². The van der Waals surface area contributed by atoms with Gasteiger partial charge >= 0.3 is 0 Å². The van der Waals surface area contributed by atoms with Gasteiger partial charge in [0.25, 0.3) is 5.56 Å². The molecule has 0 N–H and O–H groups in total. The minimum atomic E-state index is -0.363. The molecule has 0 radical (unpaired) electrons. The molecule has 1 aromatic carbocycles. The second-order valence-electron chi connectivity index (χ2n) is 3.12. The molecule has 0 aliphatic rings. The van der Waals surface area contributed by atoms with Gasteiger partial charge in [0.2, 0.25) is 5.89 Å². The van der Waals surface area contributed by atoms with E-state index in [9.17, 15) is 9.18 Å². The molecule has 1 heterocycles. The first kappa shape index (κ1) is 9.58. The Labute approximate surface area is 85.2 Å². The van der Waals surface area contributed by atoms with Gasteiger partial charge in [-0.3, -0.25) is 4.79 Å². The SMILES string of the molecule is Cc1cc(=O)nc(-c2ccc(F)cc2)o1. The van der Waals surface area contributed by atoms with Gasteiger partial charge in [-0.05, 0) is 31.2 Å². The van der Waals surface area contributed by atoms with E-state index in [0.717, 1.165) is 0 Å². The van der Waals surface area contributed by atoms with E-state index in [-0.39, 0.29) is 17.3 Å². The van der Waals surface area contributed by atoms with Gasteiger partial charge in [-0.25, -0.2) is 4.39 Å². The maximum atomic E-state index is 12.6. The van der Waals surface area contributed by atoms with E-state index in [1.165, 1.54) is 30.3 Å². The van der Waals surface area contributed by atoms with Crippen LogP contribution in [0.15, 0.2) is 39.5 Å². The number of aromatic nitrogens is 1. The van der Waals surface area contributed by atoms with E-state index in [2.05, 4.69) is 4.98 Å². The summed E-state index contributed by atoms with van der Waals surface area (Å²) in [4.78, 5) is 14.8. The van der Waals surface area contributed by atoms with Crippen molar-refractivity contribution in [1.29, 1.82) is 0 Å². The average molecular weight is 205 g/mol. The standard InChI is InChI=1S/C11H8FNO2/c1-7-6-10(14)13-11(15-7)8-2-4-9(12)5-3-8/h2-6H,1H3. The van der Waals surface area contributed by atoms with Crippen molar-refractivity contribution in [1.82, 2.24) is 4.98 Å². The van der Waals surface area contributed by atoms with Crippen molar-refractivity contribution in [2.45, 2.75) is 6.92 Å². The summed E-state index contributed by atoms with van der Waals surface area (Å²) in [5.41, 5.74) is 0.218. The van der Waals surface area contributed by atoms with Crippen LogP contribution in [0.4, 0.5) is 4.39 Å². The highest BCUT2D eigenvalue weighted by atomic mass is 19.1. The van der Waals surface area contributed by atoms with Crippen LogP contribution in [0.25, 0.3) is 11.5 Å². The lowest BCUT2D eigenvalue weighted by atomic mass is 10.2. The molecular formula is C11H8FNO2. The predicted octanol–water partition coefficient (Wildman–Crippen LogP) is 2.15. The molecule has 4 heteroatoms. The Morgan fingerprint density at radius 3 is 2.53 bits per heavy atom. The third-order valence-electron chi connectivity index (χ3n) is 1.89. The fourth-order valence-corrected chi connectivity index (χ4v) is 1.23. The lowest BCUT2D eigenvalue weighted by Gasteiger charge is -1.99. The van der Waals surface area contributed by atoms with Crippen molar-refractivity contribution in [2.75, 3.05) is 0 Å². The smallest absolute Gasteiger partial charge is 0.276 e. The Bertz CT molecular complexity index is 531. The molecular weight excluding hydrogens is 197 g/mol. The number of nitrogens with zero attached hydrogens (tertiary/aromatic N) is 1. The molecule has 0 aliphatic carbocycles. The van der Waals surface area contributed by atoms with Crippen LogP contribution in [0.2, 0.25) is 0 Å². The number of hydrogen-bond acceptors (Lipinski definition) is 3. The highest BCUT2D eigenvalue weighted by Gasteiger charge is 2.04. The Kier molecular flexibility index (Phi) is 2.33. The number of halogens is 1. The molecule has 0 fully saturated rings. The number of aryl methyl sites for hydroxylation is 1. The van der Waals surface area contributed by atoms with E-state index >= 15 is 0 Å². The molecule has 0 aliphatic heterocycles. The maximum Gasteiger partial charge on any atom is 0.276 e. The molecule has 0 atom stereocenters. The lowest BCUT2D eigenvalue weighted by molar-refractivity contribution is 0.509. The van der Waals surface area contributed by atoms with E-state index < -0.39 is 0 Å². The van der Waals surface area contributed by atoms with Gasteiger partial charge in [0.15, 0.2) is 0 Å². The van der Waals surface area contributed by atoms with Crippen molar-refractivity contribution in [2.24, 2.45) is 0 Å². The average Bonchev–Trinajstić information content (AvgIpc) is 2.17. The summed E-state index contributed by atoms with van der Waals surface area (Å²) in [6.07, 6.45) is 0. The molecule has 2 aromatic rings. The Hall–Kier alpha value is -1.97. The largest absolute Gasteiger partial charge is 0.443 e. The van der Waals surface area contributed by atoms with Crippen LogP contribution in [0.3, 0.4) is 0 Å². The molecule has 0 unspecified atom stereocenters. The Balaban J connectivity index is 2.54. The lowest BCUT2D eigenvalue weighted by Crippen LogP contribution is -2.05. The summed E-state index contributed by atoms with van der Waals surface area (Å²) in [5.74, 6) is 0.350. The fourth-order valence-electron chi connectivity index (χ4n) is 1.23. The van der Waals surface area contributed by atoms with Crippen LogP contribution in [0, 0.1) is 12.7 Å². The molecule has 3 nitrogen and oxygen atoms in total. The molecule has 0 amide bonds. The molecule has 0 saturated heterocycles. The number of hydrogen-bond donors (Lipinski definition) is 0. The van der Waals surface area contributed by atoms with Gasteiger partial charge in [-0.2, -0.15) is 4.98 Å². The van der Waals surface area contributed by atoms with Gasteiger partial charge < -0.3 is 4.42 Å². The van der Waals surface area contributed by atoms with Gasteiger partial charge in [0.1, 0.15) is 11.6 Å². The molecule has 15 heavy (non-hydrogen) atoms. The first-order chi connectivity index (χ1) is 7.15. The normalized spacial score (nSPS) is 10.3. The zero-order valence-electron chi connectivity index (χ0n) is 8.03. The van der Waals surface area contributed by atoms with E-state index in [1.54, 1.807) is 6.92 Å². The molecule has 2 rings (SSSR count). The third kappa shape index (κ3) is 2.10. The van der Waals surface area contributed by atoms with Crippen molar-refractivity contribution in [3.8, 4) is 11.5 Å².